The number of nitrogens with one attached hydrogen (secondary N) is 1. The van der Waals surface area contributed by atoms with E-state index in [0.29, 0.717) is 66.7 Å². The molecule has 5 rings (SSSR count). The van der Waals surface area contributed by atoms with Gasteiger partial charge in [0, 0.05) is 43.9 Å². The number of carboxylic acid groups (broad SMARTS) is 1. The highest BCUT2D eigenvalue weighted by Crippen LogP contribution is 2.32. The molecule has 0 saturated carbocycles. The van der Waals surface area contributed by atoms with Crippen molar-refractivity contribution in [1.82, 2.24) is 19.3 Å². The van der Waals surface area contributed by atoms with Crippen LogP contribution in [0.15, 0.2) is 48.5 Å². The van der Waals surface area contributed by atoms with Crippen LogP contribution in [0.2, 0.25) is 5.02 Å². The second-order valence-corrected chi connectivity index (χ2v) is 12.4. The van der Waals surface area contributed by atoms with Gasteiger partial charge in [-0.2, -0.15) is 4.98 Å². The molecule has 220 valence electrons. The Bertz CT molecular complexity index is 1650. The number of aromatic amines is 1. The first-order valence-electron chi connectivity index (χ1n) is 13.8. The second kappa shape index (κ2) is 12.6. The predicted molar refractivity (Wildman–Crippen MR) is 164 cm³/mol. The summed E-state index contributed by atoms with van der Waals surface area (Å²) in [5, 5.41) is 9.73. The molecule has 0 bridgehead atoms. The van der Waals surface area contributed by atoms with Crippen LogP contribution in [0, 0.1) is 5.92 Å². The van der Waals surface area contributed by atoms with Gasteiger partial charge in [-0.1, -0.05) is 50.6 Å². The van der Waals surface area contributed by atoms with Crippen molar-refractivity contribution in [2.75, 3.05) is 31.1 Å². The number of pyridine rings is 1. The fourth-order valence-corrected chi connectivity index (χ4v) is 6.39. The molecule has 0 spiro atoms. The number of rotatable bonds is 9. The molecular weight excluding hydrogens is 578 g/mol. The highest BCUT2D eigenvalue weighted by Gasteiger charge is 2.26. The third-order valence-electron chi connectivity index (χ3n) is 7.06. The van der Waals surface area contributed by atoms with Gasteiger partial charge in [0.1, 0.15) is 5.75 Å². The van der Waals surface area contributed by atoms with E-state index >= 15 is 0 Å². The van der Waals surface area contributed by atoms with Gasteiger partial charge >= 0.3 is 12.0 Å². The van der Waals surface area contributed by atoms with Crippen LogP contribution in [0.3, 0.4) is 0 Å². The third kappa shape index (κ3) is 6.48. The Balaban J connectivity index is 1.28. The molecule has 1 saturated heterocycles. The van der Waals surface area contributed by atoms with Crippen LogP contribution in [-0.2, 0) is 22.2 Å². The molecule has 12 heteroatoms. The van der Waals surface area contributed by atoms with Crippen molar-refractivity contribution in [2.45, 2.75) is 33.6 Å². The molecule has 42 heavy (non-hydrogen) atoms. The summed E-state index contributed by atoms with van der Waals surface area (Å²) < 4.78 is 20.1. The number of hydrogen-bond acceptors (Lipinski definition) is 7. The summed E-state index contributed by atoms with van der Waals surface area (Å²) in [6.45, 7) is 8.22. The number of ether oxygens (including phenoxy) is 1. The number of nitrogens with zero attached hydrogens (tertiary/aromatic N) is 4. The molecule has 0 aliphatic carbocycles. The molecule has 1 atom stereocenters. The number of fused-ring (bicyclic) bond motifs is 1. The maximum atomic E-state index is 12.6. The minimum atomic E-state index is -1.60. The number of piperazine rings is 1. The van der Waals surface area contributed by atoms with Crippen LogP contribution in [0.25, 0.3) is 22.4 Å². The molecule has 10 nitrogen and oxygen atoms in total. The van der Waals surface area contributed by atoms with Crippen LogP contribution in [0.1, 0.15) is 43.1 Å². The van der Waals surface area contributed by atoms with Crippen molar-refractivity contribution in [3.8, 4) is 23.0 Å². The van der Waals surface area contributed by atoms with Gasteiger partial charge in [0.2, 0.25) is 5.12 Å². The van der Waals surface area contributed by atoms with E-state index in [1.54, 1.807) is 22.5 Å². The molecule has 0 radical (unpaired) electrons. The number of carboxylic acids is 1. The number of hydrogen-bond donors (Lipinski definition) is 2. The summed E-state index contributed by atoms with van der Waals surface area (Å²) in [7, 11) is -1.60. The fourth-order valence-electron chi connectivity index (χ4n) is 4.88. The summed E-state index contributed by atoms with van der Waals surface area (Å²) in [6.07, 6.45) is 0.919. The Labute approximate surface area is 251 Å². The predicted octanol–water partition coefficient (Wildman–Crippen LogP) is 5.69. The summed E-state index contributed by atoms with van der Waals surface area (Å²) in [5.41, 5.74) is 4.30. The number of benzene rings is 2. The fraction of sp³-hybridized carbons (Fsp3) is 0.333. The molecule has 0 amide bonds. The lowest BCUT2D eigenvalue weighted by Crippen LogP contribution is -2.48. The normalized spacial score (nSPS) is 14.8. The minimum absolute atomic E-state index is 0.174. The van der Waals surface area contributed by atoms with E-state index in [0.717, 1.165) is 16.8 Å². The van der Waals surface area contributed by atoms with E-state index in [9.17, 15) is 18.9 Å². The third-order valence-corrected chi connectivity index (χ3v) is 8.74. The number of halogens is 1. The zero-order valence-corrected chi connectivity index (χ0v) is 25.2. The highest BCUT2D eigenvalue weighted by atomic mass is 35.5. The van der Waals surface area contributed by atoms with Crippen LogP contribution in [-0.4, -0.2) is 65.8 Å². The molecule has 1 unspecified atom stereocenters. The Morgan fingerprint density at radius 2 is 1.79 bits per heavy atom. The Hall–Kier alpha value is -3.80. The molecule has 2 N–H and O–H groups in total. The molecule has 2 aromatic carbocycles. The zero-order chi connectivity index (χ0) is 30.0. The minimum Gasteiger partial charge on any atom is -0.478 e. The number of carbonyl (C=O) groups is 2. The number of aromatic carboxylic acids is 1. The smallest absolute Gasteiger partial charge is 0.336 e. The first-order chi connectivity index (χ1) is 20.1. The highest BCUT2D eigenvalue weighted by molar-refractivity contribution is 7.98. The van der Waals surface area contributed by atoms with Crippen molar-refractivity contribution < 1.29 is 23.6 Å². The van der Waals surface area contributed by atoms with Gasteiger partial charge in [0.15, 0.2) is 16.6 Å². The Morgan fingerprint density at radius 3 is 2.43 bits per heavy atom. The number of aromatic nitrogens is 3. The van der Waals surface area contributed by atoms with Crippen LogP contribution in [0.4, 0.5) is 5.69 Å². The Morgan fingerprint density at radius 1 is 1.07 bits per heavy atom. The summed E-state index contributed by atoms with van der Waals surface area (Å²) in [5.74, 6) is -0.483. The lowest BCUT2D eigenvalue weighted by atomic mass is 10.1. The van der Waals surface area contributed by atoms with Gasteiger partial charge in [0.05, 0.1) is 21.8 Å². The van der Waals surface area contributed by atoms with Crippen molar-refractivity contribution in [2.24, 2.45) is 5.92 Å². The molecule has 1 fully saturated rings. The number of carbonyl (C=O) groups excluding carboxylic acids is 1. The molecule has 1 aliphatic rings. The number of imidazole rings is 1. The average Bonchev–Trinajstić information content (AvgIpc) is 3.36. The number of aryl methyl sites for hydroxylation is 1. The van der Waals surface area contributed by atoms with Crippen molar-refractivity contribution in [3.63, 3.8) is 0 Å². The van der Waals surface area contributed by atoms with E-state index in [1.807, 2.05) is 45.0 Å². The van der Waals surface area contributed by atoms with E-state index in [1.165, 1.54) is 6.07 Å². The molecule has 1 aliphatic heterocycles. The van der Waals surface area contributed by atoms with Gasteiger partial charge in [-0.15, -0.1) is 0 Å². The van der Waals surface area contributed by atoms with Gasteiger partial charge in [-0.05, 0) is 48.2 Å². The quantitative estimate of drug-likeness (QED) is 0.248. The van der Waals surface area contributed by atoms with Crippen LogP contribution >= 0.6 is 11.6 Å². The van der Waals surface area contributed by atoms with E-state index in [4.69, 9.17) is 16.3 Å². The SMILES string of the molecule is CCc1ccc(Oc2nc3nc(-c4ccc(N5CCN(S(=O)C(=O)CC(C)C)CC5)cc4)c(Cl)cc3[nH]2)cc1C(=O)O. The maximum Gasteiger partial charge on any atom is 0.336 e. The van der Waals surface area contributed by atoms with Gasteiger partial charge in [-0.25, -0.2) is 18.3 Å². The average molecular weight is 610 g/mol. The first kappa shape index (κ1) is 29.7. The number of H-pyrrole nitrogens is 1. The van der Waals surface area contributed by atoms with E-state index in [-0.39, 0.29) is 22.6 Å². The summed E-state index contributed by atoms with van der Waals surface area (Å²) in [4.78, 5) is 38.2. The summed E-state index contributed by atoms with van der Waals surface area (Å²) >= 11 is 6.60. The van der Waals surface area contributed by atoms with Crippen molar-refractivity contribution in [1.29, 1.82) is 0 Å². The molecule has 4 aromatic rings. The van der Waals surface area contributed by atoms with E-state index < -0.39 is 17.0 Å². The van der Waals surface area contributed by atoms with Crippen LogP contribution in [0.5, 0.6) is 11.8 Å². The monoisotopic (exact) mass is 609 g/mol. The lowest BCUT2D eigenvalue weighted by molar-refractivity contribution is -0.112. The van der Waals surface area contributed by atoms with Gasteiger partial charge in [-0.3, -0.25) is 4.79 Å². The molecular formula is C30H32ClN5O5S. The van der Waals surface area contributed by atoms with Crippen molar-refractivity contribution in [3.05, 3.63) is 64.7 Å². The largest absolute Gasteiger partial charge is 0.478 e. The lowest BCUT2D eigenvalue weighted by Gasteiger charge is -2.34. The standard InChI is InChI=1S/C30H32ClN5O5S/c1-4-19-7-10-22(16-23(19)29(38)39)41-30-32-25-17-24(31)27(33-28(25)34-30)20-5-8-21(9-6-20)35-11-13-36(14-12-35)42(40)26(37)15-18(2)3/h5-10,16-18H,4,11-15H2,1-3H3,(H,38,39)(H,32,33,34). The molecule has 2 aromatic heterocycles. The van der Waals surface area contributed by atoms with Gasteiger partial charge in [0.25, 0.3) is 0 Å². The maximum absolute atomic E-state index is 12.6. The summed E-state index contributed by atoms with van der Waals surface area (Å²) in [6, 6.07) is 14.7. The Kier molecular flexibility index (Phi) is 8.91. The zero-order valence-electron chi connectivity index (χ0n) is 23.6. The second-order valence-electron chi connectivity index (χ2n) is 10.5. The van der Waals surface area contributed by atoms with Crippen LogP contribution < -0.4 is 9.64 Å². The number of anilines is 1. The topological polar surface area (TPSA) is 129 Å². The van der Waals surface area contributed by atoms with Crippen molar-refractivity contribution >= 4 is 50.5 Å². The molecule has 3 heterocycles. The first-order valence-corrected chi connectivity index (χ1v) is 15.3. The van der Waals surface area contributed by atoms with Gasteiger partial charge < -0.3 is 19.7 Å². The van der Waals surface area contributed by atoms with E-state index in [2.05, 4.69) is 19.9 Å².